The van der Waals surface area contributed by atoms with Crippen LogP contribution in [0.3, 0.4) is 0 Å². The maximum atomic E-state index is 10.3. The molecule has 2 aromatic rings. The number of carbonyl (C=O) groups is 1. The molecular weight excluding hydrogens is 234 g/mol. The van der Waals surface area contributed by atoms with Crippen molar-refractivity contribution in [3.63, 3.8) is 0 Å². The predicted molar refractivity (Wildman–Crippen MR) is 63.8 cm³/mol. The van der Waals surface area contributed by atoms with Gasteiger partial charge < -0.3 is 9.63 Å². The zero-order valence-corrected chi connectivity index (χ0v) is 9.88. The Morgan fingerprint density at radius 3 is 2.94 bits per heavy atom. The molecule has 0 aliphatic carbocycles. The third-order valence-corrected chi connectivity index (χ3v) is 2.41. The van der Waals surface area contributed by atoms with Crippen LogP contribution in [-0.2, 0) is 11.3 Å². The van der Waals surface area contributed by atoms with Crippen LogP contribution in [0.4, 0.5) is 0 Å². The summed E-state index contributed by atoms with van der Waals surface area (Å²) >= 11 is 0. The number of hydrogen-bond acceptors (Lipinski definition) is 5. The standard InChI is InChI=1S/C12H13N3O3/c1-8-4-2-3-5-9(8)12-14-10(18-15-12)6-13-7-11(16)17/h2-5,13H,6-7H2,1H3,(H,16,17). The molecule has 1 aromatic heterocycles. The number of carboxylic acid groups (broad SMARTS) is 1. The molecule has 0 unspecified atom stereocenters. The topological polar surface area (TPSA) is 88.2 Å². The molecule has 0 spiro atoms. The first kappa shape index (κ1) is 12.3. The van der Waals surface area contributed by atoms with Crippen molar-refractivity contribution in [1.82, 2.24) is 15.5 Å². The van der Waals surface area contributed by atoms with Crippen molar-refractivity contribution in [3.05, 3.63) is 35.7 Å². The summed E-state index contributed by atoms with van der Waals surface area (Å²) in [5.74, 6) is -0.0385. The summed E-state index contributed by atoms with van der Waals surface area (Å²) in [6, 6.07) is 7.72. The Kier molecular flexibility index (Phi) is 3.69. The number of hydrogen-bond donors (Lipinski definition) is 2. The highest BCUT2D eigenvalue weighted by Gasteiger charge is 2.10. The van der Waals surface area contributed by atoms with E-state index in [-0.39, 0.29) is 13.1 Å². The lowest BCUT2D eigenvalue weighted by molar-refractivity contribution is -0.136. The van der Waals surface area contributed by atoms with Crippen molar-refractivity contribution in [2.45, 2.75) is 13.5 Å². The van der Waals surface area contributed by atoms with Gasteiger partial charge in [0.2, 0.25) is 11.7 Å². The first-order valence-corrected chi connectivity index (χ1v) is 5.48. The molecule has 0 aliphatic rings. The molecule has 0 saturated heterocycles. The van der Waals surface area contributed by atoms with Crippen LogP contribution in [-0.4, -0.2) is 27.8 Å². The van der Waals surface area contributed by atoms with Gasteiger partial charge in [0, 0.05) is 5.56 Å². The first-order valence-electron chi connectivity index (χ1n) is 5.48. The van der Waals surface area contributed by atoms with Crippen molar-refractivity contribution < 1.29 is 14.4 Å². The van der Waals surface area contributed by atoms with Crippen LogP contribution < -0.4 is 5.32 Å². The second-order valence-corrected chi connectivity index (χ2v) is 3.82. The third kappa shape index (κ3) is 2.92. The normalized spacial score (nSPS) is 10.5. The highest BCUT2D eigenvalue weighted by Crippen LogP contribution is 2.19. The van der Waals surface area contributed by atoms with E-state index >= 15 is 0 Å². The molecule has 2 N–H and O–H groups in total. The highest BCUT2D eigenvalue weighted by molar-refractivity contribution is 5.68. The van der Waals surface area contributed by atoms with Gasteiger partial charge in [-0.25, -0.2) is 0 Å². The molecule has 6 nitrogen and oxygen atoms in total. The Morgan fingerprint density at radius 2 is 2.22 bits per heavy atom. The van der Waals surface area contributed by atoms with E-state index in [1.165, 1.54) is 0 Å². The van der Waals surface area contributed by atoms with Crippen molar-refractivity contribution in [1.29, 1.82) is 0 Å². The maximum absolute atomic E-state index is 10.3. The molecule has 0 aliphatic heterocycles. The number of aryl methyl sites for hydroxylation is 1. The van der Waals surface area contributed by atoms with E-state index in [0.717, 1.165) is 11.1 Å². The van der Waals surface area contributed by atoms with Crippen LogP contribution in [0, 0.1) is 6.92 Å². The average Bonchev–Trinajstić information content (AvgIpc) is 2.78. The van der Waals surface area contributed by atoms with Gasteiger partial charge in [0.25, 0.3) is 0 Å². The predicted octanol–water partition coefficient (Wildman–Crippen LogP) is 1.22. The van der Waals surface area contributed by atoms with Crippen LogP contribution in [0.5, 0.6) is 0 Å². The van der Waals surface area contributed by atoms with Gasteiger partial charge in [-0.1, -0.05) is 29.4 Å². The molecular formula is C12H13N3O3. The largest absolute Gasteiger partial charge is 0.480 e. The van der Waals surface area contributed by atoms with Gasteiger partial charge in [0.05, 0.1) is 13.1 Å². The summed E-state index contributed by atoms with van der Waals surface area (Å²) in [6.45, 7) is 2.07. The smallest absolute Gasteiger partial charge is 0.317 e. The van der Waals surface area contributed by atoms with Gasteiger partial charge in [-0.2, -0.15) is 4.98 Å². The Labute approximate surface area is 104 Å². The number of nitrogens with zero attached hydrogens (tertiary/aromatic N) is 2. The Hall–Kier alpha value is -2.21. The van der Waals surface area contributed by atoms with Crippen molar-refractivity contribution in [2.75, 3.05) is 6.54 Å². The molecule has 94 valence electrons. The summed E-state index contributed by atoms with van der Waals surface area (Å²) in [4.78, 5) is 14.5. The second-order valence-electron chi connectivity index (χ2n) is 3.82. The number of aromatic nitrogens is 2. The van der Waals surface area contributed by atoms with E-state index in [2.05, 4.69) is 15.5 Å². The number of carboxylic acids is 1. The number of aliphatic carboxylic acids is 1. The van der Waals surface area contributed by atoms with Gasteiger partial charge in [0.1, 0.15) is 0 Å². The minimum absolute atomic E-state index is 0.137. The summed E-state index contributed by atoms with van der Waals surface area (Å²) < 4.78 is 5.04. The van der Waals surface area contributed by atoms with Crippen LogP contribution >= 0.6 is 0 Å². The lowest BCUT2D eigenvalue weighted by Crippen LogP contribution is -2.21. The minimum Gasteiger partial charge on any atom is -0.480 e. The average molecular weight is 247 g/mol. The third-order valence-electron chi connectivity index (χ3n) is 2.41. The zero-order chi connectivity index (χ0) is 13.0. The van der Waals surface area contributed by atoms with E-state index < -0.39 is 5.97 Å². The van der Waals surface area contributed by atoms with Crippen LogP contribution in [0.2, 0.25) is 0 Å². The summed E-state index contributed by atoms with van der Waals surface area (Å²) in [5.41, 5.74) is 1.97. The van der Waals surface area contributed by atoms with E-state index in [1.54, 1.807) is 0 Å². The second kappa shape index (κ2) is 5.42. The number of rotatable bonds is 5. The molecule has 18 heavy (non-hydrogen) atoms. The van der Waals surface area contributed by atoms with Gasteiger partial charge in [-0.05, 0) is 12.5 Å². The monoisotopic (exact) mass is 247 g/mol. The van der Waals surface area contributed by atoms with Crippen molar-refractivity contribution in [2.24, 2.45) is 0 Å². The van der Waals surface area contributed by atoms with Crippen LogP contribution in [0.25, 0.3) is 11.4 Å². The fraction of sp³-hybridized carbons (Fsp3) is 0.250. The lowest BCUT2D eigenvalue weighted by atomic mass is 10.1. The van der Waals surface area contributed by atoms with Crippen molar-refractivity contribution in [3.8, 4) is 11.4 Å². The Balaban J connectivity index is 2.06. The van der Waals surface area contributed by atoms with Crippen molar-refractivity contribution >= 4 is 5.97 Å². The Morgan fingerprint density at radius 1 is 1.44 bits per heavy atom. The molecule has 0 fully saturated rings. The number of nitrogens with one attached hydrogen (secondary N) is 1. The first-order chi connectivity index (χ1) is 8.66. The van der Waals surface area contributed by atoms with Crippen LogP contribution in [0.1, 0.15) is 11.5 Å². The maximum Gasteiger partial charge on any atom is 0.317 e. The van der Waals surface area contributed by atoms with E-state index in [1.807, 2.05) is 31.2 Å². The van der Waals surface area contributed by atoms with Gasteiger partial charge in [-0.15, -0.1) is 0 Å². The molecule has 2 rings (SSSR count). The van der Waals surface area contributed by atoms with E-state index in [4.69, 9.17) is 9.63 Å². The molecule has 0 atom stereocenters. The van der Waals surface area contributed by atoms with Crippen LogP contribution in [0.15, 0.2) is 28.8 Å². The molecule has 0 bridgehead atoms. The molecule has 0 amide bonds. The summed E-state index contributed by atoms with van der Waals surface area (Å²) in [5, 5.41) is 15.0. The molecule has 0 radical (unpaired) electrons. The SMILES string of the molecule is Cc1ccccc1-c1noc(CNCC(=O)O)n1. The number of benzene rings is 1. The fourth-order valence-corrected chi connectivity index (χ4v) is 1.54. The van der Waals surface area contributed by atoms with Gasteiger partial charge in [0.15, 0.2) is 0 Å². The molecule has 1 heterocycles. The highest BCUT2D eigenvalue weighted by atomic mass is 16.5. The fourth-order valence-electron chi connectivity index (χ4n) is 1.54. The summed E-state index contributed by atoms with van der Waals surface area (Å²) in [7, 11) is 0. The molecule has 6 heteroatoms. The van der Waals surface area contributed by atoms with Gasteiger partial charge in [-0.3, -0.25) is 10.1 Å². The molecule has 0 saturated carbocycles. The quantitative estimate of drug-likeness (QED) is 0.825. The molecule has 1 aromatic carbocycles. The van der Waals surface area contributed by atoms with Gasteiger partial charge >= 0.3 is 5.97 Å². The Bertz CT molecular complexity index is 551. The minimum atomic E-state index is -0.923. The summed E-state index contributed by atoms with van der Waals surface area (Å²) in [6.07, 6.45) is 0. The van der Waals surface area contributed by atoms with E-state index in [9.17, 15) is 4.79 Å². The van der Waals surface area contributed by atoms with E-state index in [0.29, 0.717) is 11.7 Å². The lowest BCUT2D eigenvalue weighted by Gasteiger charge is -1.98. The zero-order valence-electron chi connectivity index (χ0n) is 9.88.